The Kier molecular flexibility index (Phi) is 8.10. The third kappa shape index (κ3) is 6.28. The number of fused-ring (bicyclic) bond motifs is 1. The van der Waals surface area contributed by atoms with Crippen LogP contribution >= 0.6 is 23.2 Å². The van der Waals surface area contributed by atoms with Gasteiger partial charge in [0.05, 0.1) is 10.7 Å². The van der Waals surface area contributed by atoms with Crippen LogP contribution in [-0.2, 0) is 11.2 Å². The van der Waals surface area contributed by atoms with Gasteiger partial charge < -0.3 is 9.15 Å². The minimum Gasteiger partial charge on any atom is -0.482 e. The van der Waals surface area contributed by atoms with E-state index in [-0.39, 0.29) is 22.1 Å². The largest absolute Gasteiger partial charge is 0.482 e. The minimum absolute atomic E-state index is 0.00595. The number of amides is 3. The summed E-state index contributed by atoms with van der Waals surface area (Å²) >= 11 is 11.8. The van der Waals surface area contributed by atoms with Crippen LogP contribution in [0, 0.1) is 12.7 Å². The highest BCUT2D eigenvalue weighted by atomic mass is 35.5. The van der Waals surface area contributed by atoms with Gasteiger partial charge in [-0.1, -0.05) is 23.2 Å². The third-order valence-electron chi connectivity index (χ3n) is 5.50. The Morgan fingerprint density at radius 1 is 1.05 bits per heavy atom. The van der Waals surface area contributed by atoms with Crippen LogP contribution in [0.2, 0.25) is 10.0 Å². The lowest BCUT2D eigenvalue weighted by Gasteiger charge is -2.13. The summed E-state index contributed by atoms with van der Waals surface area (Å²) in [7, 11) is 0. The molecule has 0 saturated carbocycles. The number of furan rings is 1. The summed E-state index contributed by atoms with van der Waals surface area (Å²) in [5.74, 6) is -1.42. The van der Waals surface area contributed by atoms with Gasteiger partial charge in [-0.15, -0.1) is 0 Å². The number of hydrazine groups is 1. The van der Waals surface area contributed by atoms with Crippen molar-refractivity contribution in [1.82, 2.24) is 16.3 Å². The van der Waals surface area contributed by atoms with Crippen molar-refractivity contribution in [3.63, 3.8) is 0 Å². The molecule has 192 valence electrons. The molecule has 1 aliphatic rings. The molecule has 3 N–H and O–H groups in total. The van der Waals surface area contributed by atoms with Gasteiger partial charge in [-0.25, -0.2) is 9.82 Å². The number of carbonyl (C=O) groups is 3. The standard InChI is InChI=1S/C25H21Cl2FN4O5/c1-13-22-18(29-31-24(34)14-5-8-16(28)9-6-14)3-2-4-20(22)37-23(13)25(35)32-30-21(33)12-36-19-10-7-15(26)11-17(19)27/h5-11H,2-4,12H2,1H3,(H,30,33)(H,31,34)(H,32,35)/b29-18+. The molecule has 3 amide bonds. The fourth-order valence-electron chi connectivity index (χ4n) is 3.74. The molecule has 0 spiro atoms. The molecule has 9 nitrogen and oxygen atoms in total. The van der Waals surface area contributed by atoms with Crippen LogP contribution in [0.4, 0.5) is 4.39 Å². The fraction of sp³-hybridized carbons (Fsp3) is 0.200. The second-order valence-electron chi connectivity index (χ2n) is 8.08. The average Bonchev–Trinajstić information content (AvgIpc) is 3.22. The molecule has 0 saturated heterocycles. The van der Waals surface area contributed by atoms with Crippen molar-refractivity contribution >= 4 is 46.6 Å². The molecule has 12 heteroatoms. The summed E-state index contributed by atoms with van der Waals surface area (Å²) in [6.07, 6.45) is 1.84. The third-order valence-corrected chi connectivity index (χ3v) is 6.03. The number of hydrogen-bond donors (Lipinski definition) is 3. The van der Waals surface area contributed by atoms with Crippen LogP contribution in [0.3, 0.4) is 0 Å². The number of carbonyl (C=O) groups excluding carboxylic acids is 3. The number of nitrogens with one attached hydrogen (secondary N) is 3. The summed E-state index contributed by atoms with van der Waals surface area (Å²) in [4.78, 5) is 37.2. The lowest BCUT2D eigenvalue weighted by Crippen LogP contribution is -2.43. The predicted molar refractivity (Wildman–Crippen MR) is 134 cm³/mol. The highest BCUT2D eigenvalue weighted by molar-refractivity contribution is 6.35. The van der Waals surface area contributed by atoms with Gasteiger partial charge in [0.25, 0.3) is 11.8 Å². The van der Waals surface area contributed by atoms with Crippen LogP contribution < -0.4 is 21.0 Å². The number of ether oxygens (including phenoxy) is 1. The van der Waals surface area contributed by atoms with Gasteiger partial charge in [0.2, 0.25) is 0 Å². The molecule has 0 atom stereocenters. The molecular formula is C25H21Cl2FN4O5. The first kappa shape index (κ1) is 26.2. The van der Waals surface area contributed by atoms with E-state index in [0.29, 0.717) is 46.9 Å². The normalized spacial score (nSPS) is 13.6. The summed E-state index contributed by atoms with van der Waals surface area (Å²) in [6.45, 7) is 1.28. The minimum atomic E-state index is -0.667. The summed E-state index contributed by atoms with van der Waals surface area (Å²) < 4.78 is 24.2. The SMILES string of the molecule is Cc1c(C(=O)NNC(=O)COc2ccc(Cl)cc2Cl)oc2c1/C(=N/NC(=O)c1ccc(F)cc1)CCC2. The van der Waals surface area contributed by atoms with E-state index in [0.717, 1.165) is 0 Å². The Balaban J connectivity index is 1.38. The number of benzene rings is 2. The lowest BCUT2D eigenvalue weighted by atomic mass is 9.93. The van der Waals surface area contributed by atoms with Crippen molar-refractivity contribution in [1.29, 1.82) is 0 Å². The van der Waals surface area contributed by atoms with Crippen LogP contribution in [0.25, 0.3) is 0 Å². The first-order valence-electron chi connectivity index (χ1n) is 11.1. The van der Waals surface area contributed by atoms with Crippen molar-refractivity contribution in [3.8, 4) is 5.75 Å². The average molecular weight is 547 g/mol. The van der Waals surface area contributed by atoms with Crippen molar-refractivity contribution in [2.45, 2.75) is 26.2 Å². The van der Waals surface area contributed by atoms with Crippen LogP contribution in [0.1, 0.15) is 50.6 Å². The molecule has 2 aromatic carbocycles. The van der Waals surface area contributed by atoms with E-state index in [1.807, 2.05) is 0 Å². The lowest BCUT2D eigenvalue weighted by molar-refractivity contribution is -0.123. The first-order chi connectivity index (χ1) is 17.7. The van der Waals surface area contributed by atoms with Crippen LogP contribution in [0.15, 0.2) is 52.0 Å². The highest BCUT2D eigenvalue weighted by Gasteiger charge is 2.28. The van der Waals surface area contributed by atoms with Gasteiger partial charge in [-0.05, 0) is 62.2 Å². The van der Waals surface area contributed by atoms with E-state index in [4.69, 9.17) is 32.4 Å². The Morgan fingerprint density at radius 2 is 1.81 bits per heavy atom. The Morgan fingerprint density at radius 3 is 2.54 bits per heavy atom. The maximum Gasteiger partial charge on any atom is 0.305 e. The molecule has 4 rings (SSSR count). The van der Waals surface area contributed by atoms with E-state index in [2.05, 4.69) is 21.4 Å². The number of aryl methyl sites for hydroxylation is 1. The zero-order valence-electron chi connectivity index (χ0n) is 19.5. The van der Waals surface area contributed by atoms with Crippen LogP contribution in [0.5, 0.6) is 5.75 Å². The molecule has 1 heterocycles. The highest BCUT2D eigenvalue weighted by Crippen LogP contribution is 2.30. The number of nitrogens with zero attached hydrogens (tertiary/aromatic N) is 1. The number of rotatable bonds is 6. The van der Waals surface area contributed by atoms with Gasteiger partial charge in [-0.2, -0.15) is 5.10 Å². The number of halogens is 3. The second-order valence-corrected chi connectivity index (χ2v) is 8.92. The van der Waals surface area contributed by atoms with Gasteiger partial charge in [0.15, 0.2) is 12.4 Å². The first-order valence-corrected chi connectivity index (χ1v) is 11.9. The molecule has 0 aliphatic heterocycles. The summed E-state index contributed by atoms with van der Waals surface area (Å²) in [6, 6.07) is 9.64. The van der Waals surface area contributed by atoms with Crippen molar-refractivity contribution < 1.29 is 27.9 Å². The van der Waals surface area contributed by atoms with Gasteiger partial charge in [0, 0.05) is 28.1 Å². The molecular weight excluding hydrogens is 526 g/mol. The quantitative estimate of drug-likeness (QED) is 0.397. The van der Waals surface area contributed by atoms with Gasteiger partial charge >= 0.3 is 5.91 Å². The monoisotopic (exact) mass is 546 g/mol. The van der Waals surface area contributed by atoms with Crippen molar-refractivity contribution in [2.24, 2.45) is 5.10 Å². The molecule has 0 fully saturated rings. The van der Waals surface area contributed by atoms with E-state index in [1.165, 1.54) is 36.4 Å². The predicted octanol–water partition coefficient (Wildman–Crippen LogP) is 4.34. The molecule has 1 aromatic heterocycles. The van der Waals surface area contributed by atoms with Crippen molar-refractivity contribution in [3.05, 3.63) is 86.5 Å². The molecule has 3 aromatic rings. The Bertz CT molecular complexity index is 1390. The van der Waals surface area contributed by atoms with E-state index in [9.17, 15) is 18.8 Å². The zero-order valence-corrected chi connectivity index (χ0v) is 21.0. The van der Waals surface area contributed by atoms with Crippen LogP contribution in [-0.4, -0.2) is 30.0 Å². The maximum absolute atomic E-state index is 13.1. The number of hydrazone groups is 1. The molecule has 0 unspecified atom stereocenters. The van der Waals surface area contributed by atoms with E-state index < -0.39 is 30.1 Å². The van der Waals surface area contributed by atoms with Gasteiger partial charge in [-0.3, -0.25) is 25.2 Å². The summed E-state index contributed by atoms with van der Waals surface area (Å²) in [5.41, 5.74) is 8.96. The summed E-state index contributed by atoms with van der Waals surface area (Å²) in [5, 5.41) is 4.89. The number of hydrogen-bond acceptors (Lipinski definition) is 6. The Hall–Kier alpha value is -3.89. The second kappa shape index (κ2) is 11.4. The smallest absolute Gasteiger partial charge is 0.305 e. The fourth-order valence-corrected chi connectivity index (χ4v) is 4.20. The van der Waals surface area contributed by atoms with Crippen molar-refractivity contribution in [2.75, 3.05) is 6.61 Å². The Labute approximate surface area is 220 Å². The van der Waals surface area contributed by atoms with E-state index in [1.54, 1.807) is 13.0 Å². The maximum atomic E-state index is 13.1. The molecule has 0 bridgehead atoms. The molecule has 1 aliphatic carbocycles. The molecule has 37 heavy (non-hydrogen) atoms. The topological polar surface area (TPSA) is 122 Å². The zero-order chi connectivity index (χ0) is 26.5. The van der Waals surface area contributed by atoms with Gasteiger partial charge in [0.1, 0.15) is 17.3 Å². The van der Waals surface area contributed by atoms with E-state index >= 15 is 0 Å². The molecule has 0 radical (unpaired) electrons.